The molecule has 0 saturated heterocycles. The van der Waals surface area contributed by atoms with Crippen LogP contribution < -0.4 is 4.74 Å². The van der Waals surface area contributed by atoms with E-state index in [0.29, 0.717) is 35.8 Å². The van der Waals surface area contributed by atoms with E-state index in [0.717, 1.165) is 5.03 Å². The van der Waals surface area contributed by atoms with Crippen molar-refractivity contribution in [3.63, 3.8) is 0 Å². The van der Waals surface area contributed by atoms with Crippen LogP contribution in [0.4, 0.5) is 8.78 Å². The van der Waals surface area contributed by atoms with E-state index < -0.39 is 17.4 Å². The molecule has 0 radical (unpaired) electrons. The predicted octanol–water partition coefficient (Wildman–Crippen LogP) is 5.64. The summed E-state index contributed by atoms with van der Waals surface area (Å²) in [6.45, 7) is 6.26. The molecule has 1 aromatic heterocycles. The van der Waals surface area contributed by atoms with Gasteiger partial charge in [0.1, 0.15) is 5.03 Å². The molecule has 0 aliphatic carbocycles. The summed E-state index contributed by atoms with van der Waals surface area (Å²) in [7, 11) is 0. The van der Waals surface area contributed by atoms with Gasteiger partial charge in [-0.3, -0.25) is 4.79 Å². The average Bonchev–Trinajstić information content (AvgIpc) is 2.63. The Labute approximate surface area is 168 Å². The Morgan fingerprint density at radius 1 is 1.21 bits per heavy atom. The summed E-state index contributed by atoms with van der Waals surface area (Å²) in [5.41, 5.74) is 1.10. The maximum absolute atomic E-state index is 14.5. The number of halogens is 2. The van der Waals surface area contributed by atoms with Crippen molar-refractivity contribution in [3.8, 4) is 16.9 Å². The fourth-order valence-corrected chi connectivity index (χ4v) is 3.44. The first kappa shape index (κ1) is 22.1. The fraction of sp³-hybridized carbons (Fsp3) is 0.429. The third-order valence-electron chi connectivity index (χ3n) is 3.75. The number of carbonyl (C=O) groups is 1. The molecule has 0 fully saturated rings. The van der Waals surface area contributed by atoms with Gasteiger partial charge in [-0.1, -0.05) is 19.9 Å². The van der Waals surface area contributed by atoms with E-state index in [-0.39, 0.29) is 19.0 Å². The number of ether oxygens (including phenoxy) is 2. The summed E-state index contributed by atoms with van der Waals surface area (Å²) in [4.78, 5) is 15.6. The third kappa shape index (κ3) is 6.48. The minimum Gasteiger partial charge on any atom is -0.488 e. The van der Waals surface area contributed by atoms with Crippen LogP contribution in [0.25, 0.3) is 11.1 Å². The van der Waals surface area contributed by atoms with Crippen LogP contribution in [0.3, 0.4) is 0 Å². The molecule has 2 aromatic rings. The summed E-state index contributed by atoms with van der Waals surface area (Å²) in [5, 5.41) is 1.02. The normalized spacial score (nSPS) is 10.9. The van der Waals surface area contributed by atoms with E-state index in [1.54, 1.807) is 25.3 Å². The van der Waals surface area contributed by atoms with Crippen molar-refractivity contribution in [2.24, 2.45) is 0 Å². The minimum absolute atomic E-state index is 0.119. The molecule has 0 aliphatic heterocycles. The van der Waals surface area contributed by atoms with Gasteiger partial charge in [0.2, 0.25) is 0 Å². The van der Waals surface area contributed by atoms with E-state index in [9.17, 15) is 13.6 Å². The topological polar surface area (TPSA) is 48.4 Å². The van der Waals surface area contributed by atoms with Crippen LogP contribution in [-0.4, -0.2) is 29.4 Å². The van der Waals surface area contributed by atoms with Crippen molar-refractivity contribution in [3.05, 3.63) is 42.1 Å². The molecule has 0 bridgehead atoms. The van der Waals surface area contributed by atoms with Gasteiger partial charge in [0.05, 0.1) is 13.2 Å². The van der Waals surface area contributed by atoms with Gasteiger partial charge in [-0.2, -0.15) is 0 Å². The quantitative estimate of drug-likeness (QED) is 0.289. The largest absolute Gasteiger partial charge is 0.488 e. The van der Waals surface area contributed by atoms with Gasteiger partial charge in [-0.15, -0.1) is 11.8 Å². The molecule has 152 valence electrons. The smallest absolute Gasteiger partial charge is 0.305 e. The fourth-order valence-electron chi connectivity index (χ4n) is 2.56. The van der Waals surface area contributed by atoms with Crippen molar-refractivity contribution in [1.29, 1.82) is 0 Å². The molecule has 0 saturated carbocycles. The van der Waals surface area contributed by atoms with Gasteiger partial charge in [0.15, 0.2) is 17.4 Å². The summed E-state index contributed by atoms with van der Waals surface area (Å²) < 4.78 is 39.0. The Kier molecular flexibility index (Phi) is 8.70. The zero-order valence-corrected chi connectivity index (χ0v) is 17.2. The first-order valence-corrected chi connectivity index (χ1v) is 10.2. The van der Waals surface area contributed by atoms with E-state index in [4.69, 9.17) is 9.47 Å². The Balaban J connectivity index is 2.04. The monoisotopic (exact) mass is 409 g/mol. The van der Waals surface area contributed by atoms with Crippen molar-refractivity contribution in [2.45, 2.75) is 50.3 Å². The molecule has 1 aromatic carbocycles. The number of hydrogen-bond donors (Lipinski definition) is 0. The van der Waals surface area contributed by atoms with Crippen LogP contribution in [0, 0.1) is 11.6 Å². The highest BCUT2D eigenvalue weighted by Gasteiger charge is 2.16. The minimum atomic E-state index is -0.759. The highest BCUT2D eigenvalue weighted by Crippen LogP contribution is 2.35. The molecule has 0 atom stereocenters. The number of hydrogen-bond acceptors (Lipinski definition) is 5. The zero-order valence-electron chi connectivity index (χ0n) is 16.3. The molecule has 0 unspecified atom stereocenters. The number of aromatic nitrogens is 1. The Morgan fingerprint density at radius 2 is 1.93 bits per heavy atom. The van der Waals surface area contributed by atoms with E-state index in [1.165, 1.54) is 23.9 Å². The van der Waals surface area contributed by atoms with Crippen LogP contribution in [0.15, 0.2) is 35.5 Å². The zero-order chi connectivity index (χ0) is 20.5. The lowest BCUT2D eigenvalue weighted by Gasteiger charge is -2.13. The van der Waals surface area contributed by atoms with Crippen LogP contribution in [0.2, 0.25) is 0 Å². The lowest BCUT2D eigenvalue weighted by Crippen LogP contribution is -2.06. The van der Waals surface area contributed by atoms with Crippen molar-refractivity contribution < 1.29 is 23.0 Å². The van der Waals surface area contributed by atoms with Crippen LogP contribution in [-0.2, 0) is 9.53 Å². The number of unbranched alkanes of at least 4 members (excludes halogenated alkanes) is 1. The number of carbonyl (C=O) groups excluding carboxylic acids is 1. The number of thioether (sulfide) groups is 1. The SMILES string of the molecule is CCOC(=O)CCCCOc1c(F)cc(-c2cccnc2SC(C)C)cc1F. The van der Waals surface area contributed by atoms with Crippen LogP contribution in [0.5, 0.6) is 5.75 Å². The Hall–Kier alpha value is -2.15. The molecule has 0 amide bonds. The molecule has 7 heteroatoms. The van der Waals surface area contributed by atoms with Crippen molar-refractivity contribution in [2.75, 3.05) is 13.2 Å². The first-order valence-electron chi connectivity index (χ1n) is 9.31. The third-order valence-corrected chi connectivity index (χ3v) is 4.77. The second kappa shape index (κ2) is 11.0. The molecule has 0 aliphatic rings. The molecular formula is C21H25F2NO3S. The van der Waals surface area contributed by atoms with Gasteiger partial charge in [-0.25, -0.2) is 13.8 Å². The van der Waals surface area contributed by atoms with Gasteiger partial charge in [-0.05, 0) is 43.5 Å². The summed E-state index contributed by atoms with van der Waals surface area (Å²) in [6, 6.07) is 6.06. The average molecular weight is 409 g/mol. The van der Waals surface area contributed by atoms with Gasteiger partial charge in [0, 0.05) is 23.4 Å². The van der Waals surface area contributed by atoms with Gasteiger partial charge >= 0.3 is 5.97 Å². The van der Waals surface area contributed by atoms with Crippen LogP contribution >= 0.6 is 11.8 Å². The van der Waals surface area contributed by atoms with Crippen molar-refractivity contribution >= 4 is 17.7 Å². The molecule has 1 heterocycles. The standard InChI is InChI=1S/C21H25F2NO3S/c1-4-26-19(25)9-5-6-11-27-20-17(22)12-15(13-18(20)23)16-8-7-10-24-21(16)28-14(2)3/h7-8,10,12-14H,4-6,9,11H2,1-3H3. The summed E-state index contributed by atoms with van der Waals surface area (Å²) in [6.07, 6.45) is 2.95. The lowest BCUT2D eigenvalue weighted by molar-refractivity contribution is -0.143. The van der Waals surface area contributed by atoms with Crippen molar-refractivity contribution in [1.82, 2.24) is 4.98 Å². The molecule has 0 N–H and O–H groups in total. The van der Waals surface area contributed by atoms with Gasteiger partial charge < -0.3 is 9.47 Å². The molecule has 4 nitrogen and oxygen atoms in total. The van der Waals surface area contributed by atoms with E-state index >= 15 is 0 Å². The lowest BCUT2D eigenvalue weighted by atomic mass is 10.1. The highest BCUT2D eigenvalue weighted by molar-refractivity contribution is 7.99. The van der Waals surface area contributed by atoms with E-state index in [1.807, 2.05) is 13.8 Å². The maximum atomic E-state index is 14.5. The van der Waals surface area contributed by atoms with Gasteiger partial charge in [0.25, 0.3) is 0 Å². The number of rotatable bonds is 10. The summed E-state index contributed by atoms with van der Waals surface area (Å²) >= 11 is 1.54. The molecule has 28 heavy (non-hydrogen) atoms. The number of benzene rings is 1. The second-order valence-electron chi connectivity index (χ2n) is 6.40. The molecule has 2 rings (SSSR count). The predicted molar refractivity (Wildman–Crippen MR) is 107 cm³/mol. The number of pyridine rings is 1. The van der Waals surface area contributed by atoms with E-state index in [2.05, 4.69) is 4.98 Å². The first-order chi connectivity index (χ1) is 13.4. The van der Waals surface area contributed by atoms with Crippen LogP contribution in [0.1, 0.15) is 40.0 Å². The molecular weight excluding hydrogens is 384 g/mol. The summed E-state index contributed by atoms with van der Waals surface area (Å²) in [5.74, 6) is -2.20. The highest BCUT2D eigenvalue weighted by atomic mass is 32.2. The number of nitrogens with zero attached hydrogens (tertiary/aromatic N) is 1. The number of esters is 1. The molecule has 0 spiro atoms. The second-order valence-corrected chi connectivity index (χ2v) is 7.97. The Bertz CT molecular complexity index is 776. The Morgan fingerprint density at radius 3 is 2.57 bits per heavy atom. The maximum Gasteiger partial charge on any atom is 0.305 e.